The van der Waals surface area contributed by atoms with Gasteiger partial charge in [-0.1, -0.05) is 69.9 Å². The summed E-state index contributed by atoms with van der Waals surface area (Å²) in [7, 11) is -1.34. The average molecular weight is 613 g/mol. The Labute approximate surface area is 257 Å². The highest BCUT2D eigenvalue weighted by Gasteiger charge is 2.47. The molecule has 0 bridgehead atoms. The zero-order chi connectivity index (χ0) is 31.6. The van der Waals surface area contributed by atoms with Crippen molar-refractivity contribution in [2.75, 3.05) is 11.1 Å². The first kappa shape index (κ1) is 30.8. The minimum Gasteiger partial charge on any atom is -0.507 e. The normalized spacial score (nSPS) is 16.6. The van der Waals surface area contributed by atoms with Crippen molar-refractivity contribution in [2.24, 2.45) is 0 Å². The minimum atomic E-state index is -1.34. The Bertz CT molecular complexity index is 1680. The molecule has 44 heavy (non-hydrogen) atoms. The van der Waals surface area contributed by atoms with Gasteiger partial charge in [-0.25, -0.2) is 4.68 Å². The molecule has 1 N–H and O–H groups in total. The SMILES string of the molecule is Cc1ccc(N2C(=O)C(=O)C(=C(O)c3ccc(C(C)C)cc3)C2c2ccc(Oc3ncn(COC[Si](C)(C)C)n3)cc2)nn1. The first-order valence-electron chi connectivity index (χ1n) is 14.4. The predicted octanol–water partition coefficient (Wildman–Crippen LogP) is 5.77. The molecule has 0 spiro atoms. The molecule has 4 aromatic rings. The van der Waals surface area contributed by atoms with Gasteiger partial charge in [-0.3, -0.25) is 14.5 Å². The van der Waals surface area contributed by atoms with Crippen LogP contribution in [0.25, 0.3) is 5.76 Å². The van der Waals surface area contributed by atoms with Crippen LogP contribution in [0.5, 0.6) is 11.8 Å². The summed E-state index contributed by atoms with van der Waals surface area (Å²) in [4.78, 5) is 32.3. The second-order valence-corrected chi connectivity index (χ2v) is 17.7. The number of hydrogen-bond donors (Lipinski definition) is 1. The van der Waals surface area contributed by atoms with Crippen LogP contribution in [-0.2, 0) is 21.1 Å². The molecule has 12 heteroatoms. The fourth-order valence-corrected chi connectivity index (χ4v) is 5.45. The summed E-state index contributed by atoms with van der Waals surface area (Å²) < 4.78 is 13.1. The number of aliphatic hydroxyl groups is 1. The summed E-state index contributed by atoms with van der Waals surface area (Å²) in [5.41, 5.74) is 2.71. The Kier molecular flexibility index (Phi) is 8.74. The maximum atomic E-state index is 13.5. The number of nitrogens with zero attached hydrogens (tertiary/aromatic N) is 6. The van der Waals surface area contributed by atoms with E-state index in [1.807, 2.05) is 12.1 Å². The van der Waals surface area contributed by atoms with Crippen LogP contribution < -0.4 is 9.64 Å². The van der Waals surface area contributed by atoms with Gasteiger partial charge in [-0.15, -0.1) is 10.2 Å². The third kappa shape index (κ3) is 6.76. The van der Waals surface area contributed by atoms with Crippen LogP contribution in [0, 0.1) is 6.92 Å². The molecule has 0 aliphatic carbocycles. The predicted molar refractivity (Wildman–Crippen MR) is 168 cm³/mol. The zero-order valence-electron chi connectivity index (χ0n) is 25.7. The molecule has 0 saturated carbocycles. The number of aryl methyl sites for hydroxylation is 1. The van der Waals surface area contributed by atoms with E-state index in [2.05, 4.69) is 53.8 Å². The molecular weight excluding hydrogens is 576 g/mol. The zero-order valence-corrected chi connectivity index (χ0v) is 26.7. The third-order valence-electron chi connectivity index (χ3n) is 7.00. The van der Waals surface area contributed by atoms with E-state index in [0.717, 1.165) is 5.56 Å². The lowest BCUT2D eigenvalue weighted by molar-refractivity contribution is -0.132. The largest absolute Gasteiger partial charge is 0.507 e. The molecule has 1 saturated heterocycles. The van der Waals surface area contributed by atoms with Gasteiger partial charge in [0.2, 0.25) is 0 Å². The van der Waals surface area contributed by atoms with Crippen molar-refractivity contribution in [3.63, 3.8) is 0 Å². The second kappa shape index (κ2) is 12.5. The first-order valence-corrected chi connectivity index (χ1v) is 18.1. The molecule has 1 aliphatic heterocycles. The maximum Gasteiger partial charge on any atom is 0.341 e. The quantitative estimate of drug-likeness (QED) is 0.103. The highest BCUT2D eigenvalue weighted by molar-refractivity contribution is 6.76. The fraction of sp³-hybridized carbons (Fsp3) is 0.312. The molecule has 11 nitrogen and oxygen atoms in total. The maximum absolute atomic E-state index is 13.5. The molecule has 1 aliphatic rings. The van der Waals surface area contributed by atoms with E-state index in [-0.39, 0.29) is 29.9 Å². The number of benzene rings is 2. The minimum absolute atomic E-state index is 0.0398. The molecule has 1 atom stereocenters. The third-order valence-corrected chi connectivity index (χ3v) is 8.08. The smallest absolute Gasteiger partial charge is 0.341 e. The Morgan fingerprint density at radius 2 is 1.68 bits per heavy atom. The number of ketones is 1. The summed E-state index contributed by atoms with van der Waals surface area (Å²) >= 11 is 0. The van der Waals surface area contributed by atoms with E-state index in [1.165, 1.54) is 11.2 Å². The lowest BCUT2D eigenvalue weighted by atomic mass is 9.94. The van der Waals surface area contributed by atoms with Crippen LogP contribution >= 0.6 is 0 Å². The number of amides is 1. The molecule has 2 aromatic heterocycles. The average Bonchev–Trinajstić information content (AvgIpc) is 3.54. The topological polar surface area (TPSA) is 133 Å². The summed E-state index contributed by atoms with van der Waals surface area (Å²) in [6, 6.07) is 16.7. The van der Waals surface area contributed by atoms with Crippen molar-refractivity contribution in [3.05, 3.63) is 94.9 Å². The van der Waals surface area contributed by atoms with Gasteiger partial charge < -0.3 is 14.6 Å². The van der Waals surface area contributed by atoms with Crippen LogP contribution in [0.4, 0.5) is 5.82 Å². The van der Waals surface area contributed by atoms with Crippen molar-refractivity contribution in [1.29, 1.82) is 0 Å². The lowest BCUT2D eigenvalue weighted by Gasteiger charge is -2.24. The number of hydrogen-bond acceptors (Lipinski definition) is 9. The number of ether oxygens (including phenoxy) is 2. The molecule has 1 fully saturated rings. The van der Waals surface area contributed by atoms with Crippen LogP contribution in [0.15, 0.2) is 72.6 Å². The van der Waals surface area contributed by atoms with E-state index in [9.17, 15) is 14.7 Å². The molecule has 1 amide bonds. The van der Waals surface area contributed by atoms with Crippen LogP contribution in [0.2, 0.25) is 19.6 Å². The first-order chi connectivity index (χ1) is 20.9. The Morgan fingerprint density at radius 1 is 0.977 bits per heavy atom. The number of aromatic nitrogens is 5. The van der Waals surface area contributed by atoms with Gasteiger partial charge in [0.1, 0.15) is 24.6 Å². The van der Waals surface area contributed by atoms with E-state index < -0.39 is 25.8 Å². The van der Waals surface area contributed by atoms with Crippen molar-refractivity contribution >= 4 is 31.3 Å². The van der Waals surface area contributed by atoms with E-state index >= 15 is 0 Å². The summed E-state index contributed by atoms with van der Waals surface area (Å²) in [6.07, 6.45) is 2.24. The van der Waals surface area contributed by atoms with Gasteiger partial charge >= 0.3 is 11.9 Å². The molecule has 1 unspecified atom stereocenters. The number of aliphatic hydroxyl groups excluding tert-OH is 1. The van der Waals surface area contributed by atoms with E-state index in [0.29, 0.717) is 34.7 Å². The number of Topliss-reactive ketones (excluding diaryl/α,β-unsaturated/α-hetero) is 1. The highest BCUT2D eigenvalue weighted by Crippen LogP contribution is 2.42. The number of rotatable bonds is 10. The number of carbonyl (C=O) groups is 2. The standard InChI is InChI=1S/C32H36N6O5Si/c1-20(2)22-8-10-24(11-9-22)29(39)27-28(38(31(41)30(27)40)26-16-7-21(3)34-35-26)23-12-14-25(15-13-23)43-32-33-17-37(36-32)18-42-19-44(4,5)6/h7-17,20,28,39H,18-19H2,1-6H3. The van der Waals surface area contributed by atoms with E-state index in [4.69, 9.17) is 9.47 Å². The number of anilines is 1. The fourth-order valence-electron chi connectivity index (χ4n) is 4.74. The van der Waals surface area contributed by atoms with Crippen LogP contribution in [0.3, 0.4) is 0 Å². The summed E-state index contributed by atoms with van der Waals surface area (Å²) in [6.45, 7) is 12.9. The van der Waals surface area contributed by atoms with Crippen LogP contribution in [-0.4, -0.2) is 56.1 Å². The molecule has 0 radical (unpaired) electrons. The molecule has 2 aromatic carbocycles. The van der Waals surface area contributed by atoms with E-state index in [1.54, 1.807) is 60.1 Å². The molecule has 228 valence electrons. The van der Waals surface area contributed by atoms with Gasteiger partial charge in [0.05, 0.1) is 25.4 Å². The van der Waals surface area contributed by atoms with Gasteiger partial charge in [0.25, 0.3) is 5.78 Å². The van der Waals surface area contributed by atoms with Gasteiger partial charge in [0, 0.05) is 11.8 Å². The lowest BCUT2D eigenvalue weighted by Crippen LogP contribution is -2.30. The Balaban J connectivity index is 1.46. The van der Waals surface area contributed by atoms with Crippen molar-refractivity contribution in [1.82, 2.24) is 25.0 Å². The Morgan fingerprint density at radius 3 is 2.30 bits per heavy atom. The van der Waals surface area contributed by atoms with Crippen molar-refractivity contribution in [2.45, 2.75) is 59.1 Å². The molecule has 3 heterocycles. The van der Waals surface area contributed by atoms with Gasteiger partial charge in [0.15, 0.2) is 5.82 Å². The summed E-state index contributed by atoms with van der Waals surface area (Å²) in [5, 5.41) is 24.0. The summed E-state index contributed by atoms with van der Waals surface area (Å²) in [5.74, 6) is -0.939. The highest BCUT2D eigenvalue weighted by atomic mass is 28.3. The van der Waals surface area contributed by atoms with Crippen LogP contribution in [0.1, 0.15) is 48.2 Å². The van der Waals surface area contributed by atoms with Gasteiger partial charge in [-0.2, -0.15) is 10.1 Å². The monoisotopic (exact) mass is 612 g/mol. The van der Waals surface area contributed by atoms with Crippen molar-refractivity contribution < 1.29 is 24.2 Å². The molecule has 5 rings (SSSR count). The second-order valence-electron chi connectivity index (χ2n) is 12.3. The number of carbonyl (C=O) groups excluding carboxylic acids is 2. The van der Waals surface area contributed by atoms with Crippen molar-refractivity contribution in [3.8, 4) is 11.8 Å². The molecular formula is C32H36N6O5Si. The Hall–Kier alpha value is -4.68. The van der Waals surface area contributed by atoms with Gasteiger partial charge in [-0.05, 0) is 48.2 Å².